The molecule has 0 saturated heterocycles. The molecule has 2 aromatic heterocycles. The number of nitrogens with two attached hydrogens (primary N) is 1. The topological polar surface area (TPSA) is 110 Å². The van der Waals surface area contributed by atoms with E-state index in [1.807, 2.05) is 26.0 Å². The molecule has 0 spiro atoms. The highest BCUT2D eigenvalue weighted by atomic mass is 16.1. The van der Waals surface area contributed by atoms with Gasteiger partial charge in [-0.15, -0.1) is 0 Å². The van der Waals surface area contributed by atoms with E-state index < -0.39 is 0 Å². The monoisotopic (exact) mass is 350 g/mol. The molecule has 0 fully saturated rings. The van der Waals surface area contributed by atoms with Crippen molar-refractivity contribution < 1.29 is 4.79 Å². The molecule has 1 aromatic carbocycles. The fourth-order valence-corrected chi connectivity index (χ4v) is 2.82. The van der Waals surface area contributed by atoms with Gasteiger partial charge in [0.25, 0.3) is 5.91 Å². The first kappa shape index (κ1) is 17.6. The Morgan fingerprint density at radius 2 is 1.96 bits per heavy atom. The van der Waals surface area contributed by atoms with Gasteiger partial charge in [-0.05, 0) is 44.4 Å². The number of aryl methyl sites for hydroxylation is 2. The Morgan fingerprint density at radius 1 is 1.19 bits per heavy atom. The Balaban J connectivity index is 1.53. The average Bonchev–Trinajstić information content (AvgIpc) is 2.97. The van der Waals surface area contributed by atoms with E-state index in [4.69, 9.17) is 5.73 Å². The summed E-state index contributed by atoms with van der Waals surface area (Å²) in [5.41, 5.74) is 11.2. The van der Waals surface area contributed by atoms with E-state index in [2.05, 4.69) is 25.5 Å². The first-order valence-electron chi connectivity index (χ1n) is 8.51. The van der Waals surface area contributed by atoms with Crippen LogP contribution in [0, 0.1) is 13.8 Å². The predicted molar refractivity (Wildman–Crippen MR) is 101 cm³/mol. The minimum atomic E-state index is -0.0872. The number of aromatic nitrogens is 4. The van der Waals surface area contributed by atoms with Crippen molar-refractivity contribution in [2.24, 2.45) is 0 Å². The molecule has 0 atom stereocenters. The van der Waals surface area contributed by atoms with Crippen LogP contribution in [0.3, 0.4) is 0 Å². The van der Waals surface area contributed by atoms with E-state index in [0.29, 0.717) is 23.6 Å². The summed E-state index contributed by atoms with van der Waals surface area (Å²) < 4.78 is 0. The Bertz CT molecular complexity index is 881. The lowest BCUT2D eigenvalue weighted by Crippen LogP contribution is -2.24. The maximum Gasteiger partial charge on any atom is 0.251 e. The highest BCUT2D eigenvalue weighted by Gasteiger charge is 2.08. The van der Waals surface area contributed by atoms with Gasteiger partial charge < -0.3 is 11.1 Å². The molecule has 0 aliphatic carbocycles. The summed E-state index contributed by atoms with van der Waals surface area (Å²) in [7, 11) is 0. The van der Waals surface area contributed by atoms with Crippen LogP contribution >= 0.6 is 0 Å². The molecule has 7 heteroatoms. The van der Waals surface area contributed by atoms with Crippen molar-refractivity contribution in [2.45, 2.75) is 26.7 Å². The number of carbonyl (C=O) groups is 1. The zero-order chi connectivity index (χ0) is 18.5. The number of anilines is 1. The second-order valence-corrected chi connectivity index (χ2v) is 6.18. The summed E-state index contributed by atoms with van der Waals surface area (Å²) in [4.78, 5) is 20.5. The van der Waals surface area contributed by atoms with Crippen LogP contribution in [-0.2, 0) is 6.42 Å². The maximum atomic E-state index is 12.3. The van der Waals surface area contributed by atoms with Crippen LogP contribution in [0.15, 0.2) is 36.7 Å². The number of nitrogen functional groups attached to an aromatic ring is 1. The number of amides is 1. The Morgan fingerprint density at radius 3 is 2.62 bits per heavy atom. The summed E-state index contributed by atoms with van der Waals surface area (Å²) in [6.45, 7) is 4.62. The van der Waals surface area contributed by atoms with Gasteiger partial charge in [0.05, 0.1) is 23.8 Å². The maximum absolute atomic E-state index is 12.3. The minimum absolute atomic E-state index is 0.0872. The molecular weight excluding hydrogens is 328 g/mol. The zero-order valence-corrected chi connectivity index (χ0v) is 14.9. The number of H-pyrrole nitrogens is 1. The first-order chi connectivity index (χ1) is 12.5. The first-order valence-corrected chi connectivity index (χ1v) is 8.51. The van der Waals surface area contributed by atoms with Gasteiger partial charge in [-0.3, -0.25) is 14.9 Å². The molecule has 26 heavy (non-hydrogen) atoms. The van der Waals surface area contributed by atoms with Crippen molar-refractivity contribution in [3.05, 3.63) is 59.2 Å². The number of aromatic amines is 1. The lowest BCUT2D eigenvalue weighted by Gasteiger charge is -2.07. The van der Waals surface area contributed by atoms with Crippen molar-refractivity contribution >= 4 is 11.7 Å². The van der Waals surface area contributed by atoms with E-state index >= 15 is 0 Å². The number of nitrogens with one attached hydrogen (secondary N) is 2. The summed E-state index contributed by atoms with van der Waals surface area (Å²) >= 11 is 0. The Hall–Kier alpha value is -3.22. The van der Waals surface area contributed by atoms with Crippen LogP contribution in [0.4, 0.5) is 5.82 Å². The van der Waals surface area contributed by atoms with Gasteiger partial charge in [-0.1, -0.05) is 12.1 Å². The molecule has 7 nitrogen and oxygen atoms in total. The van der Waals surface area contributed by atoms with Gasteiger partial charge in [0.2, 0.25) is 0 Å². The summed E-state index contributed by atoms with van der Waals surface area (Å²) in [6.07, 6.45) is 4.90. The Labute approximate surface area is 152 Å². The van der Waals surface area contributed by atoms with Crippen LogP contribution in [-0.4, -0.2) is 32.6 Å². The van der Waals surface area contributed by atoms with Crippen LogP contribution in [0.25, 0.3) is 11.3 Å². The molecule has 1 amide bonds. The van der Waals surface area contributed by atoms with Gasteiger partial charge >= 0.3 is 0 Å². The minimum Gasteiger partial charge on any atom is -0.382 e. The smallest absolute Gasteiger partial charge is 0.251 e. The fourth-order valence-electron chi connectivity index (χ4n) is 2.82. The second kappa shape index (κ2) is 7.77. The van der Waals surface area contributed by atoms with Crippen molar-refractivity contribution in [1.29, 1.82) is 0 Å². The quantitative estimate of drug-likeness (QED) is 0.592. The van der Waals surface area contributed by atoms with Gasteiger partial charge in [0.15, 0.2) is 0 Å². The molecule has 0 radical (unpaired) electrons. The van der Waals surface area contributed by atoms with E-state index in [0.717, 1.165) is 29.8 Å². The second-order valence-electron chi connectivity index (χ2n) is 6.18. The summed E-state index contributed by atoms with van der Waals surface area (Å²) in [5.74, 6) is 0.281. The lowest BCUT2D eigenvalue weighted by atomic mass is 10.1. The molecule has 0 aliphatic rings. The largest absolute Gasteiger partial charge is 0.382 e. The summed E-state index contributed by atoms with van der Waals surface area (Å²) in [5, 5.41) is 10.1. The van der Waals surface area contributed by atoms with Gasteiger partial charge in [-0.2, -0.15) is 5.10 Å². The molecule has 2 heterocycles. The zero-order valence-electron chi connectivity index (χ0n) is 14.9. The van der Waals surface area contributed by atoms with Crippen molar-refractivity contribution in [1.82, 2.24) is 25.5 Å². The van der Waals surface area contributed by atoms with E-state index in [-0.39, 0.29) is 5.91 Å². The van der Waals surface area contributed by atoms with E-state index in [1.165, 1.54) is 11.8 Å². The van der Waals surface area contributed by atoms with Crippen molar-refractivity contribution in [3.63, 3.8) is 0 Å². The predicted octanol–water partition coefficient (Wildman–Crippen LogP) is 2.43. The molecule has 0 bridgehead atoms. The number of hydrogen-bond acceptors (Lipinski definition) is 5. The average molecular weight is 350 g/mol. The normalized spacial score (nSPS) is 10.7. The number of benzene rings is 1. The molecule has 0 saturated carbocycles. The van der Waals surface area contributed by atoms with E-state index in [1.54, 1.807) is 18.3 Å². The number of rotatable bonds is 6. The lowest BCUT2D eigenvalue weighted by molar-refractivity contribution is 0.0953. The molecule has 0 aliphatic heterocycles. The van der Waals surface area contributed by atoms with Crippen LogP contribution in [0.1, 0.15) is 33.7 Å². The van der Waals surface area contributed by atoms with Crippen LogP contribution in [0.5, 0.6) is 0 Å². The number of nitrogens with zero attached hydrogens (tertiary/aromatic N) is 3. The van der Waals surface area contributed by atoms with Crippen LogP contribution < -0.4 is 11.1 Å². The third-order valence-corrected chi connectivity index (χ3v) is 4.27. The van der Waals surface area contributed by atoms with Gasteiger partial charge in [0.1, 0.15) is 5.82 Å². The molecular formula is C19H22N6O. The molecule has 0 unspecified atom stereocenters. The number of carbonyl (C=O) groups excluding carboxylic acids is 1. The van der Waals surface area contributed by atoms with Crippen molar-refractivity contribution in [3.8, 4) is 11.3 Å². The summed E-state index contributed by atoms with van der Waals surface area (Å²) in [6, 6.07) is 7.24. The standard InChI is InChI=1S/C19H22N6O/c1-12-16(13(2)25-24-12)4-3-9-22-19(26)15-7-5-14(6-8-15)17-10-21-11-18(20)23-17/h5-8,10-11H,3-4,9H2,1-2H3,(H2,20,23)(H,22,26)(H,24,25). The molecule has 134 valence electrons. The van der Waals surface area contributed by atoms with Gasteiger partial charge in [-0.25, -0.2) is 4.98 Å². The van der Waals surface area contributed by atoms with Gasteiger partial charge in [0, 0.05) is 23.4 Å². The highest BCUT2D eigenvalue weighted by Crippen LogP contribution is 2.17. The highest BCUT2D eigenvalue weighted by molar-refractivity contribution is 5.94. The molecule has 4 N–H and O–H groups in total. The molecule has 3 rings (SSSR count). The van der Waals surface area contributed by atoms with Crippen molar-refractivity contribution in [2.75, 3.05) is 12.3 Å². The molecule has 3 aromatic rings. The third kappa shape index (κ3) is 4.05. The third-order valence-electron chi connectivity index (χ3n) is 4.27. The van der Waals surface area contributed by atoms with Crippen LogP contribution in [0.2, 0.25) is 0 Å². The Kier molecular flexibility index (Phi) is 5.26. The van der Waals surface area contributed by atoms with E-state index in [9.17, 15) is 4.79 Å². The number of hydrogen-bond donors (Lipinski definition) is 3. The fraction of sp³-hybridized carbons (Fsp3) is 0.263. The SMILES string of the molecule is Cc1n[nH]c(C)c1CCCNC(=O)c1ccc(-c2cncc(N)n2)cc1.